The number of anilines is 1. The van der Waals surface area contributed by atoms with Gasteiger partial charge in [0.2, 0.25) is 5.91 Å². The molecule has 4 heterocycles. The Morgan fingerprint density at radius 1 is 1.17 bits per heavy atom. The van der Waals surface area contributed by atoms with Crippen LogP contribution in [0.15, 0.2) is 35.5 Å². The maximum atomic E-state index is 12.7. The van der Waals surface area contributed by atoms with Crippen molar-refractivity contribution in [3.63, 3.8) is 0 Å². The number of imidazole rings is 1. The van der Waals surface area contributed by atoms with E-state index in [0.717, 1.165) is 34.0 Å². The summed E-state index contributed by atoms with van der Waals surface area (Å²) in [6.07, 6.45) is 4.20. The van der Waals surface area contributed by atoms with Crippen molar-refractivity contribution in [1.29, 1.82) is 0 Å². The van der Waals surface area contributed by atoms with E-state index < -0.39 is 15.9 Å². The number of thiazole rings is 1. The number of para-hydroxylation sites is 1. The number of aromatic nitrogens is 3. The van der Waals surface area contributed by atoms with E-state index in [1.165, 1.54) is 6.20 Å². The van der Waals surface area contributed by atoms with Crippen LogP contribution in [0, 0.1) is 5.92 Å². The Kier molecular flexibility index (Phi) is 4.54. The van der Waals surface area contributed by atoms with Crippen molar-refractivity contribution in [2.75, 3.05) is 18.0 Å². The zero-order valence-corrected chi connectivity index (χ0v) is 17.4. The highest BCUT2D eigenvalue weighted by atomic mass is 32.2. The first-order valence-corrected chi connectivity index (χ1v) is 12.0. The SMILES string of the molecule is O=C(NS(=O)(=O)c1cnc2n1CCC2)C1CCN(c2nc3ccccc3s2)CC1. The number of hydrogen-bond donors (Lipinski definition) is 1. The highest BCUT2D eigenvalue weighted by Crippen LogP contribution is 2.31. The highest BCUT2D eigenvalue weighted by molar-refractivity contribution is 7.90. The standard InChI is InChI=1S/C19H21N5O3S2/c25-18(22-29(26,27)17-12-20-16-6-3-9-24(16)17)13-7-10-23(11-8-13)19-21-14-4-1-2-5-15(14)28-19/h1-2,4-5,12-13H,3,6-11H2,(H,22,25). The van der Waals surface area contributed by atoms with Crippen molar-refractivity contribution in [3.05, 3.63) is 36.3 Å². The summed E-state index contributed by atoms with van der Waals surface area (Å²) < 4.78 is 30.5. The van der Waals surface area contributed by atoms with Crippen molar-refractivity contribution in [3.8, 4) is 0 Å². The molecule has 152 valence electrons. The van der Waals surface area contributed by atoms with Gasteiger partial charge >= 0.3 is 0 Å². The second-order valence-electron chi connectivity index (χ2n) is 7.46. The van der Waals surface area contributed by atoms with Crippen LogP contribution in [-0.2, 0) is 27.8 Å². The van der Waals surface area contributed by atoms with Crippen LogP contribution in [0.1, 0.15) is 25.1 Å². The molecule has 1 amide bonds. The summed E-state index contributed by atoms with van der Waals surface area (Å²) in [5.74, 6) is 0.0147. The lowest BCUT2D eigenvalue weighted by Crippen LogP contribution is -2.42. The average molecular weight is 432 g/mol. The molecule has 5 rings (SSSR count). The molecule has 8 nitrogen and oxygen atoms in total. The molecule has 2 aliphatic heterocycles. The molecule has 0 radical (unpaired) electrons. The molecule has 1 saturated heterocycles. The molecule has 0 unspecified atom stereocenters. The Morgan fingerprint density at radius 2 is 1.97 bits per heavy atom. The van der Waals surface area contributed by atoms with Crippen LogP contribution in [0.5, 0.6) is 0 Å². The van der Waals surface area contributed by atoms with Gasteiger partial charge in [-0.2, -0.15) is 8.42 Å². The summed E-state index contributed by atoms with van der Waals surface area (Å²) in [5.41, 5.74) is 0.979. The van der Waals surface area contributed by atoms with Crippen LogP contribution < -0.4 is 9.62 Å². The van der Waals surface area contributed by atoms with Gasteiger partial charge in [0.15, 0.2) is 10.2 Å². The van der Waals surface area contributed by atoms with Crippen molar-refractivity contribution in [2.45, 2.75) is 37.3 Å². The zero-order valence-electron chi connectivity index (χ0n) is 15.7. The van der Waals surface area contributed by atoms with Gasteiger partial charge in [-0.15, -0.1) is 0 Å². The smallest absolute Gasteiger partial charge is 0.281 e. The van der Waals surface area contributed by atoms with E-state index in [2.05, 4.69) is 25.7 Å². The summed E-state index contributed by atoms with van der Waals surface area (Å²) >= 11 is 1.64. The molecule has 10 heteroatoms. The van der Waals surface area contributed by atoms with Crippen LogP contribution in [0.4, 0.5) is 5.13 Å². The molecular weight excluding hydrogens is 410 g/mol. The van der Waals surface area contributed by atoms with E-state index in [1.807, 2.05) is 18.2 Å². The third-order valence-electron chi connectivity index (χ3n) is 5.61. The lowest BCUT2D eigenvalue weighted by atomic mass is 9.97. The Hall–Kier alpha value is -2.46. The number of nitrogens with zero attached hydrogens (tertiary/aromatic N) is 4. The van der Waals surface area contributed by atoms with Gasteiger partial charge in [0.25, 0.3) is 10.0 Å². The van der Waals surface area contributed by atoms with E-state index in [0.29, 0.717) is 32.5 Å². The maximum absolute atomic E-state index is 12.7. The molecule has 29 heavy (non-hydrogen) atoms. The highest BCUT2D eigenvalue weighted by Gasteiger charge is 2.31. The first-order chi connectivity index (χ1) is 14.0. The largest absolute Gasteiger partial charge is 0.348 e. The number of hydrogen-bond acceptors (Lipinski definition) is 7. The van der Waals surface area contributed by atoms with Gasteiger partial charge in [-0.3, -0.25) is 4.79 Å². The number of carbonyl (C=O) groups is 1. The van der Waals surface area contributed by atoms with Gasteiger partial charge < -0.3 is 9.47 Å². The Bertz CT molecular complexity index is 1140. The van der Waals surface area contributed by atoms with E-state index >= 15 is 0 Å². The number of rotatable bonds is 4. The molecular formula is C19H21N5O3S2. The van der Waals surface area contributed by atoms with Crippen molar-refractivity contribution in [1.82, 2.24) is 19.3 Å². The Labute approximate surface area is 172 Å². The number of piperidine rings is 1. The van der Waals surface area contributed by atoms with E-state index in [9.17, 15) is 13.2 Å². The van der Waals surface area contributed by atoms with Gasteiger partial charge in [0.1, 0.15) is 5.82 Å². The van der Waals surface area contributed by atoms with E-state index in [4.69, 9.17) is 0 Å². The van der Waals surface area contributed by atoms with E-state index in [-0.39, 0.29) is 10.9 Å². The molecule has 0 aliphatic carbocycles. The number of carbonyl (C=O) groups excluding carboxylic acids is 1. The molecule has 2 aliphatic rings. The molecule has 1 N–H and O–H groups in total. The van der Waals surface area contributed by atoms with Crippen LogP contribution in [0.25, 0.3) is 10.2 Å². The fraction of sp³-hybridized carbons (Fsp3) is 0.421. The molecule has 1 fully saturated rings. The van der Waals surface area contributed by atoms with Gasteiger partial charge in [0, 0.05) is 32.0 Å². The summed E-state index contributed by atoms with van der Waals surface area (Å²) in [7, 11) is -3.90. The number of fused-ring (bicyclic) bond motifs is 2. The minimum absolute atomic E-state index is 0.0882. The van der Waals surface area contributed by atoms with Gasteiger partial charge in [-0.25, -0.2) is 14.7 Å². The second-order valence-corrected chi connectivity index (χ2v) is 10.1. The Morgan fingerprint density at radius 3 is 2.76 bits per heavy atom. The summed E-state index contributed by atoms with van der Waals surface area (Å²) in [5, 5.41) is 1.04. The van der Waals surface area contributed by atoms with Crippen molar-refractivity contribution < 1.29 is 13.2 Å². The van der Waals surface area contributed by atoms with Crippen molar-refractivity contribution >= 4 is 42.6 Å². The van der Waals surface area contributed by atoms with Crippen LogP contribution in [0.2, 0.25) is 0 Å². The minimum Gasteiger partial charge on any atom is -0.348 e. The topological polar surface area (TPSA) is 97.2 Å². The number of amides is 1. The quantitative estimate of drug-likeness (QED) is 0.680. The zero-order chi connectivity index (χ0) is 20.0. The van der Waals surface area contributed by atoms with E-state index in [1.54, 1.807) is 15.9 Å². The van der Waals surface area contributed by atoms with Crippen LogP contribution in [0.3, 0.4) is 0 Å². The maximum Gasteiger partial charge on any atom is 0.281 e. The fourth-order valence-electron chi connectivity index (χ4n) is 4.04. The summed E-state index contributed by atoms with van der Waals surface area (Å²) in [6, 6.07) is 8.01. The second kappa shape index (κ2) is 7.10. The number of sulfonamides is 1. The lowest BCUT2D eigenvalue weighted by molar-refractivity contribution is -0.123. The molecule has 0 atom stereocenters. The predicted octanol–water partition coefficient (Wildman–Crippen LogP) is 2.16. The Balaban J connectivity index is 1.24. The monoisotopic (exact) mass is 431 g/mol. The molecule has 0 saturated carbocycles. The summed E-state index contributed by atoms with van der Waals surface area (Å²) in [6.45, 7) is 1.99. The summed E-state index contributed by atoms with van der Waals surface area (Å²) in [4.78, 5) is 23.7. The third kappa shape index (κ3) is 3.40. The normalized spacial score (nSPS) is 17.6. The van der Waals surface area contributed by atoms with Gasteiger partial charge in [-0.1, -0.05) is 23.5 Å². The average Bonchev–Trinajstić information content (AvgIpc) is 3.42. The van der Waals surface area contributed by atoms with Crippen molar-refractivity contribution in [2.24, 2.45) is 5.92 Å². The lowest BCUT2D eigenvalue weighted by Gasteiger charge is -2.30. The predicted molar refractivity (Wildman–Crippen MR) is 110 cm³/mol. The molecule has 0 spiro atoms. The van der Waals surface area contributed by atoms with Gasteiger partial charge in [0.05, 0.1) is 16.4 Å². The molecule has 3 aromatic rings. The number of aryl methyl sites for hydroxylation is 1. The minimum atomic E-state index is -3.90. The number of benzene rings is 1. The molecule has 2 aromatic heterocycles. The first kappa shape index (κ1) is 18.6. The van der Waals surface area contributed by atoms with Crippen LogP contribution >= 0.6 is 11.3 Å². The number of nitrogens with one attached hydrogen (secondary N) is 1. The first-order valence-electron chi connectivity index (χ1n) is 9.73. The fourth-order valence-corrected chi connectivity index (χ4v) is 6.27. The van der Waals surface area contributed by atoms with Crippen LogP contribution in [-0.4, -0.2) is 41.9 Å². The molecule has 1 aromatic carbocycles. The molecule has 0 bridgehead atoms. The van der Waals surface area contributed by atoms with Gasteiger partial charge in [-0.05, 0) is 31.4 Å². The third-order valence-corrected chi connectivity index (χ3v) is 8.06.